The third-order valence-electron chi connectivity index (χ3n) is 3.97. The van der Waals surface area contributed by atoms with Gasteiger partial charge in [0.05, 0.1) is 17.9 Å². The predicted molar refractivity (Wildman–Crippen MR) is 81.6 cm³/mol. The van der Waals surface area contributed by atoms with Gasteiger partial charge in [0.25, 0.3) is 5.91 Å². The van der Waals surface area contributed by atoms with Gasteiger partial charge >= 0.3 is 6.18 Å². The second-order valence-corrected chi connectivity index (χ2v) is 6.38. The molecule has 2 heterocycles. The fourth-order valence-electron chi connectivity index (χ4n) is 2.87. The van der Waals surface area contributed by atoms with Crippen molar-refractivity contribution in [2.75, 3.05) is 32.7 Å². The quantitative estimate of drug-likeness (QED) is 0.898. The third-order valence-corrected chi connectivity index (χ3v) is 3.97. The average molecular weight is 348 g/mol. The van der Waals surface area contributed by atoms with Gasteiger partial charge in [-0.15, -0.1) is 0 Å². The zero-order valence-electron chi connectivity index (χ0n) is 14.0. The van der Waals surface area contributed by atoms with Crippen molar-refractivity contribution in [1.29, 1.82) is 0 Å². The van der Waals surface area contributed by atoms with Crippen LogP contribution < -0.4 is 0 Å². The molecule has 1 aliphatic rings. The summed E-state index contributed by atoms with van der Waals surface area (Å²) in [5.41, 5.74) is -1.39. The summed E-state index contributed by atoms with van der Waals surface area (Å²) in [5.74, 6) is -0.647. The average Bonchev–Trinajstić information content (AvgIpc) is 2.92. The lowest BCUT2D eigenvalue weighted by Gasteiger charge is -2.35. The lowest BCUT2D eigenvalue weighted by atomic mass is 10.1. The highest BCUT2D eigenvalue weighted by Crippen LogP contribution is 2.34. The van der Waals surface area contributed by atoms with Crippen LogP contribution in [0.3, 0.4) is 0 Å². The molecule has 1 aliphatic heterocycles. The Bertz CT molecular complexity index is 576. The molecule has 0 aromatic carbocycles. The van der Waals surface area contributed by atoms with E-state index in [2.05, 4.69) is 5.10 Å². The summed E-state index contributed by atoms with van der Waals surface area (Å²) in [6, 6.07) is -0.494. The van der Waals surface area contributed by atoms with Crippen molar-refractivity contribution in [3.8, 4) is 0 Å². The van der Waals surface area contributed by atoms with E-state index < -0.39 is 35.5 Å². The van der Waals surface area contributed by atoms with Gasteiger partial charge < -0.3 is 10.0 Å². The molecule has 9 heteroatoms. The number of carbonyl (C=O) groups is 1. The number of nitrogens with zero attached hydrogens (tertiary/aromatic N) is 4. The first kappa shape index (κ1) is 18.7. The number of piperazine rings is 1. The fraction of sp³-hybridized carbons (Fsp3) is 0.733. The van der Waals surface area contributed by atoms with E-state index in [-0.39, 0.29) is 0 Å². The number of β-amino-alcohol motifs (C(OH)–C–C–N with tert-alkyl or cyclic N) is 1. The van der Waals surface area contributed by atoms with E-state index in [1.54, 1.807) is 20.8 Å². The molecule has 0 unspecified atom stereocenters. The summed E-state index contributed by atoms with van der Waals surface area (Å²) in [4.78, 5) is 15.9. The zero-order chi connectivity index (χ0) is 18.1. The number of aliphatic hydroxyl groups is 1. The highest BCUT2D eigenvalue weighted by Gasteiger charge is 2.41. The summed E-state index contributed by atoms with van der Waals surface area (Å²) >= 11 is 0. The van der Waals surface area contributed by atoms with Crippen molar-refractivity contribution in [2.45, 2.75) is 39.1 Å². The standard InChI is InChI=1S/C15H23F3N4O2/c1-10(2)22-13(15(16,17)18)12(8-19-22)14(24)21-6-4-20(5-7-21)9-11(3)23/h8,10-11,23H,4-7,9H2,1-3H3/t11-/m1/s1. The Morgan fingerprint density at radius 1 is 1.25 bits per heavy atom. The van der Waals surface area contributed by atoms with Crippen LogP contribution in [0.15, 0.2) is 6.20 Å². The minimum atomic E-state index is -4.64. The summed E-state index contributed by atoms with van der Waals surface area (Å²) in [5, 5.41) is 13.1. The number of hydrogen-bond acceptors (Lipinski definition) is 4. The van der Waals surface area contributed by atoms with Gasteiger partial charge in [-0.25, -0.2) is 0 Å². The number of alkyl halides is 3. The number of aliphatic hydroxyl groups excluding tert-OH is 1. The van der Waals surface area contributed by atoms with E-state index in [1.807, 2.05) is 4.90 Å². The Balaban J connectivity index is 2.17. The first-order valence-corrected chi connectivity index (χ1v) is 7.95. The van der Waals surface area contributed by atoms with Gasteiger partial charge in [0.1, 0.15) is 0 Å². The minimum Gasteiger partial charge on any atom is -0.392 e. The Labute approximate surface area is 138 Å². The number of rotatable bonds is 4. The highest BCUT2D eigenvalue weighted by atomic mass is 19.4. The van der Waals surface area contributed by atoms with Crippen LogP contribution in [0.25, 0.3) is 0 Å². The lowest BCUT2D eigenvalue weighted by Crippen LogP contribution is -2.50. The second-order valence-electron chi connectivity index (χ2n) is 6.38. The van der Waals surface area contributed by atoms with E-state index >= 15 is 0 Å². The van der Waals surface area contributed by atoms with Gasteiger partial charge in [-0.2, -0.15) is 18.3 Å². The van der Waals surface area contributed by atoms with Gasteiger partial charge in [0.15, 0.2) is 5.69 Å². The van der Waals surface area contributed by atoms with E-state index in [4.69, 9.17) is 0 Å². The molecule has 2 rings (SSSR count). The molecule has 1 N–H and O–H groups in total. The maximum Gasteiger partial charge on any atom is 0.433 e. The van der Waals surface area contributed by atoms with Gasteiger partial charge in [-0.3, -0.25) is 14.4 Å². The van der Waals surface area contributed by atoms with E-state index in [1.165, 1.54) is 4.90 Å². The first-order valence-electron chi connectivity index (χ1n) is 7.95. The van der Waals surface area contributed by atoms with Crippen molar-refractivity contribution in [1.82, 2.24) is 19.6 Å². The molecule has 136 valence electrons. The lowest BCUT2D eigenvalue weighted by molar-refractivity contribution is -0.145. The van der Waals surface area contributed by atoms with Crippen LogP contribution in [0.1, 0.15) is 42.9 Å². The summed E-state index contributed by atoms with van der Waals surface area (Å²) in [6.07, 6.45) is -4.11. The van der Waals surface area contributed by atoms with Crippen LogP contribution in [0.4, 0.5) is 13.2 Å². The smallest absolute Gasteiger partial charge is 0.392 e. The zero-order valence-corrected chi connectivity index (χ0v) is 14.0. The molecule has 0 saturated carbocycles. The molecule has 0 radical (unpaired) electrons. The fourth-order valence-corrected chi connectivity index (χ4v) is 2.87. The number of hydrogen-bond donors (Lipinski definition) is 1. The van der Waals surface area contributed by atoms with Crippen molar-refractivity contribution in [3.63, 3.8) is 0 Å². The summed E-state index contributed by atoms with van der Waals surface area (Å²) in [7, 11) is 0. The first-order chi connectivity index (χ1) is 11.1. The number of halogens is 3. The molecular formula is C15H23F3N4O2. The van der Waals surface area contributed by atoms with Gasteiger partial charge in [-0.1, -0.05) is 0 Å². The summed E-state index contributed by atoms with van der Waals surface area (Å²) in [6.45, 7) is 7.04. The number of aromatic nitrogens is 2. The number of amides is 1. The molecule has 24 heavy (non-hydrogen) atoms. The number of carbonyl (C=O) groups excluding carboxylic acids is 1. The molecule has 0 aliphatic carbocycles. The van der Waals surface area contributed by atoms with Crippen LogP contribution in [0, 0.1) is 0 Å². The molecule has 1 aromatic heterocycles. The van der Waals surface area contributed by atoms with Crippen LogP contribution in [0.5, 0.6) is 0 Å². The van der Waals surface area contributed by atoms with Crippen LogP contribution in [-0.2, 0) is 6.18 Å². The van der Waals surface area contributed by atoms with Crippen LogP contribution >= 0.6 is 0 Å². The Morgan fingerprint density at radius 3 is 2.29 bits per heavy atom. The summed E-state index contributed by atoms with van der Waals surface area (Å²) < 4.78 is 40.9. The molecule has 1 amide bonds. The molecule has 0 bridgehead atoms. The van der Waals surface area contributed by atoms with Crippen molar-refractivity contribution in [3.05, 3.63) is 17.5 Å². The van der Waals surface area contributed by atoms with Crippen molar-refractivity contribution in [2.24, 2.45) is 0 Å². The maximum atomic E-state index is 13.4. The molecule has 0 spiro atoms. The van der Waals surface area contributed by atoms with E-state index in [0.717, 1.165) is 10.9 Å². The molecular weight excluding hydrogens is 325 g/mol. The molecule has 1 aromatic rings. The molecule has 1 atom stereocenters. The minimum absolute atomic E-state index is 0.329. The Hall–Kier alpha value is -1.61. The topological polar surface area (TPSA) is 61.6 Å². The maximum absolute atomic E-state index is 13.4. The van der Waals surface area contributed by atoms with Crippen molar-refractivity contribution < 1.29 is 23.1 Å². The van der Waals surface area contributed by atoms with Crippen LogP contribution in [0.2, 0.25) is 0 Å². The highest BCUT2D eigenvalue weighted by molar-refractivity contribution is 5.95. The molecule has 6 nitrogen and oxygen atoms in total. The van der Waals surface area contributed by atoms with Crippen molar-refractivity contribution >= 4 is 5.91 Å². The largest absolute Gasteiger partial charge is 0.433 e. The second kappa shape index (κ2) is 7.10. The van der Waals surface area contributed by atoms with Gasteiger partial charge in [-0.05, 0) is 20.8 Å². The Kier molecular flexibility index (Phi) is 5.54. The molecule has 1 saturated heterocycles. The molecule has 1 fully saturated rings. The van der Waals surface area contributed by atoms with Crippen LogP contribution in [-0.4, -0.2) is 69.4 Å². The SMILES string of the molecule is CC(C)n1ncc(C(=O)N2CCN(C[C@@H](C)O)CC2)c1C(F)(F)F. The predicted octanol–water partition coefficient (Wildman–Crippen LogP) is 1.62. The van der Waals surface area contributed by atoms with Gasteiger partial charge in [0, 0.05) is 38.8 Å². The monoisotopic (exact) mass is 348 g/mol. The van der Waals surface area contributed by atoms with E-state index in [0.29, 0.717) is 32.7 Å². The normalized spacial score (nSPS) is 18.2. The van der Waals surface area contributed by atoms with E-state index in [9.17, 15) is 23.1 Å². The Morgan fingerprint density at radius 2 is 1.83 bits per heavy atom. The third kappa shape index (κ3) is 4.07. The van der Waals surface area contributed by atoms with Gasteiger partial charge in [0.2, 0.25) is 0 Å².